The molecule has 0 saturated carbocycles. The second-order valence-electron chi connectivity index (χ2n) is 4.37. The Morgan fingerprint density at radius 2 is 1.76 bits per heavy atom. The molecule has 0 radical (unpaired) electrons. The molecule has 2 aromatic rings. The largest absolute Gasteiger partial charge is 0.507 e. The van der Waals surface area contributed by atoms with Gasteiger partial charge in [0, 0.05) is 11.6 Å². The highest BCUT2D eigenvalue weighted by molar-refractivity contribution is 6.10. The summed E-state index contributed by atoms with van der Waals surface area (Å²) in [5.41, 5.74) is 0.652. The van der Waals surface area contributed by atoms with Gasteiger partial charge in [-0.15, -0.1) is 0 Å². The fourth-order valence-corrected chi connectivity index (χ4v) is 1.79. The van der Waals surface area contributed by atoms with Crippen molar-refractivity contribution in [3.8, 4) is 11.5 Å². The van der Waals surface area contributed by atoms with Crippen molar-refractivity contribution in [1.29, 1.82) is 0 Å². The van der Waals surface area contributed by atoms with Crippen molar-refractivity contribution in [2.24, 2.45) is 0 Å². The second-order valence-corrected chi connectivity index (χ2v) is 4.37. The average Bonchev–Trinajstić information content (AvgIpc) is 2.47. The molecule has 5 nitrogen and oxygen atoms in total. The molecular weight excluding hydrogens is 272 g/mol. The van der Waals surface area contributed by atoms with Crippen molar-refractivity contribution in [3.63, 3.8) is 0 Å². The van der Waals surface area contributed by atoms with Crippen LogP contribution >= 0.6 is 0 Å². The van der Waals surface area contributed by atoms with Crippen LogP contribution in [0.4, 0.5) is 0 Å². The molecule has 0 amide bonds. The molecule has 0 saturated heterocycles. The number of carbonyl (C=O) groups is 2. The summed E-state index contributed by atoms with van der Waals surface area (Å²) in [7, 11) is 0. The fraction of sp³-hybridized carbons (Fsp3) is 0.125. The van der Waals surface area contributed by atoms with Gasteiger partial charge in [-0.2, -0.15) is 0 Å². The molecule has 2 N–H and O–H groups in total. The van der Waals surface area contributed by atoms with Crippen molar-refractivity contribution in [2.75, 3.05) is 6.61 Å². The fourth-order valence-electron chi connectivity index (χ4n) is 1.79. The van der Waals surface area contributed by atoms with Crippen LogP contribution in [0.15, 0.2) is 48.5 Å². The molecule has 0 aliphatic carbocycles. The third-order valence-corrected chi connectivity index (χ3v) is 2.83. The Kier molecular flexibility index (Phi) is 4.56. The number of aliphatic carboxylic acids is 1. The number of carboxylic acids is 1. The highest BCUT2D eigenvalue weighted by Crippen LogP contribution is 2.25. The Labute approximate surface area is 121 Å². The first-order chi connectivity index (χ1) is 10.1. The Balaban J connectivity index is 2.12. The molecule has 0 aliphatic heterocycles. The summed E-state index contributed by atoms with van der Waals surface area (Å²) in [5.74, 6) is -1.13. The van der Waals surface area contributed by atoms with Crippen LogP contribution in [0.1, 0.15) is 22.3 Å². The highest BCUT2D eigenvalue weighted by Gasteiger charge is 2.14. The summed E-state index contributed by atoms with van der Waals surface area (Å²) in [6.45, 7) is 0.000746. The monoisotopic (exact) mass is 286 g/mol. The maximum Gasteiger partial charge on any atom is 0.306 e. The zero-order valence-corrected chi connectivity index (χ0v) is 11.2. The number of hydrogen-bond donors (Lipinski definition) is 2. The molecule has 0 spiro atoms. The maximum atomic E-state index is 12.2. The summed E-state index contributed by atoms with van der Waals surface area (Å²) in [5, 5.41) is 18.4. The Morgan fingerprint density at radius 1 is 1.05 bits per heavy atom. The van der Waals surface area contributed by atoms with E-state index in [-0.39, 0.29) is 30.1 Å². The number of carbonyl (C=O) groups excluding carboxylic acids is 1. The summed E-state index contributed by atoms with van der Waals surface area (Å²) >= 11 is 0. The predicted molar refractivity (Wildman–Crippen MR) is 75.7 cm³/mol. The molecule has 5 heteroatoms. The maximum absolute atomic E-state index is 12.2. The molecule has 2 aromatic carbocycles. The van der Waals surface area contributed by atoms with Gasteiger partial charge < -0.3 is 14.9 Å². The van der Waals surface area contributed by atoms with Crippen LogP contribution in [0, 0.1) is 0 Å². The zero-order chi connectivity index (χ0) is 15.2. The van der Waals surface area contributed by atoms with Gasteiger partial charge in [0.2, 0.25) is 0 Å². The lowest BCUT2D eigenvalue weighted by atomic mass is 10.0. The van der Waals surface area contributed by atoms with Crippen LogP contribution in [0.25, 0.3) is 0 Å². The minimum Gasteiger partial charge on any atom is -0.507 e. The first kappa shape index (κ1) is 14.6. The molecule has 0 bridgehead atoms. The average molecular weight is 286 g/mol. The van der Waals surface area contributed by atoms with Gasteiger partial charge in [-0.3, -0.25) is 9.59 Å². The number of phenols is 1. The molecule has 2 rings (SSSR count). The molecule has 21 heavy (non-hydrogen) atoms. The lowest BCUT2D eigenvalue weighted by Gasteiger charge is -2.08. The third-order valence-electron chi connectivity index (χ3n) is 2.83. The summed E-state index contributed by atoms with van der Waals surface area (Å²) in [4.78, 5) is 22.6. The topological polar surface area (TPSA) is 83.8 Å². The zero-order valence-electron chi connectivity index (χ0n) is 11.2. The second kappa shape index (κ2) is 6.56. The number of ether oxygens (including phenoxy) is 1. The summed E-state index contributed by atoms with van der Waals surface area (Å²) < 4.78 is 5.19. The number of ketones is 1. The number of hydrogen-bond acceptors (Lipinski definition) is 4. The highest BCUT2D eigenvalue weighted by atomic mass is 16.5. The number of phenolic OH excluding ortho intramolecular Hbond substituents is 1. The van der Waals surface area contributed by atoms with Crippen molar-refractivity contribution in [1.82, 2.24) is 0 Å². The SMILES string of the molecule is O=C(O)CCOc1ccc(C(=O)c2ccccc2)c(O)c1. The van der Waals surface area contributed by atoms with Crippen molar-refractivity contribution < 1.29 is 24.5 Å². The van der Waals surface area contributed by atoms with Crippen LogP contribution in [0.3, 0.4) is 0 Å². The lowest BCUT2D eigenvalue weighted by molar-refractivity contribution is -0.137. The van der Waals surface area contributed by atoms with Crippen LogP contribution < -0.4 is 4.74 Å². The van der Waals surface area contributed by atoms with Gasteiger partial charge in [-0.1, -0.05) is 30.3 Å². The molecule has 108 valence electrons. The third kappa shape index (κ3) is 3.82. The van der Waals surface area contributed by atoms with E-state index >= 15 is 0 Å². The summed E-state index contributed by atoms with van der Waals surface area (Å²) in [6.07, 6.45) is -0.133. The van der Waals surface area contributed by atoms with E-state index in [1.165, 1.54) is 18.2 Å². The first-order valence-corrected chi connectivity index (χ1v) is 6.35. The molecule has 0 atom stereocenters. The minimum absolute atomic E-state index is 0.000746. The van der Waals surface area contributed by atoms with Gasteiger partial charge in [0.15, 0.2) is 5.78 Å². The number of aromatic hydroxyl groups is 1. The number of benzene rings is 2. The van der Waals surface area contributed by atoms with Crippen LogP contribution in [0.5, 0.6) is 11.5 Å². The van der Waals surface area contributed by atoms with E-state index in [4.69, 9.17) is 9.84 Å². The number of carboxylic acid groups (broad SMARTS) is 1. The van der Waals surface area contributed by atoms with E-state index < -0.39 is 5.97 Å². The quantitative estimate of drug-likeness (QED) is 0.797. The predicted octanol–water partition coefficient (Wildman–Crippen LogP) is 2.48. The Bertz CT molecular complexity index is 649. The van der Waals surface area contributed by atoms with E-state index in [0.717, 1.165) is 0 Å². The summed E-state index contributed by atoms with van der Waals surface area (Å²) in [6, 6.07) is 12.9. The molecule has 0 aliphatic rings. The molecule has 0 heterocycles. The van der Waals surface area contributed by atoms with E-state index in [1.54, 1.807) is 30.3 Å². The lowest BCUT2D eigenvalue weighted by Crippen LogP contribution is -2.05. The number of rotatable bonds is 6. The van der Waals surface area contributed by atoms with Gasteiger partial charge >= 0.3 is 5.97 Å². The molecular formula is C16H14O5. The molecule has 0 fully saturated rings. The van der Waals surface area contributed by atoms with Gasteiger partial charge in [0.05, 0.1) is 18.6 Å². The van der Waals surface area contributed by atoms with Crippen LogP contribution in [-0.2, 0) is 4.79 Å². The Morgan fingerprint density at radius 3 is 2.38 bits per heavy atom. The minimum atomic E-state index is -0.963. The smallest absolute Gasteiger partial charge is 0.306 e. The Hall–Kier alpha value is -2.82. The van der Waals surface area contributed by atoms with Crippen LogP contribution in [-0.4, -0.2) is 28.6 Å². The normalized spacial score (nSPS) is 10.1. The van der Waals surface area contributed by atoms with Crippen LogP contribution in [0.2, 0.25) is 0 Å². The molecule has 0 unspecified atom stereocenters. The van der Waals surface area contributed by atoms with E-state index in [1.807, 2.05) is 0 Å². The van der Waals surface area contributed by atoms with Crippen molar-refractivity contribution in [3.05, 3.63) is 59.7 Å². The van der Waals surface area contributed by atoms with Gasteiger partial charge in [-0.25, -0.2) is 0 Å². The molecule has 0 aromatic heterocycles. The van der Waals surface area contributed by atoms with Crippen molar-refractivity contribution in [2.45, 2.75) is 6.42 Å². The first-order valence-electron chi connectivity index (χ1n) is 6.35. The van der Waals surface area contributed by atoms with Gasteiger partial charge in [0.1, 0.15) is 11.5 Å². The van der Waals surface area contributed by atoms with E-state index in [2.05, 4.69) is 0 Å². The van der Waals surface area contributed by atoms with Crippen molar-refractivity contribution >= 4 is 11.8 Å². The van der Waals surface area contributed by atoms with E-state index in [9.17, 15) is 14.7 Å². The van der Waals surface area contributed by atoms with Gasteiger partial charge in [0.25, 0.3) is 0 Å². The van der Waals surface area contributed by atoms with E-state index in [0.29, 0.717) is 11.3 Å². The standard InChI is InChI=1S/C16H14O5/c17-14-10-12(21-9-8-15(18)19)6-7-13(14)16(20)11-4-2-1-3-5-11/h1-7,10,17H,8-9H2,(H,18,19). The van der Waals surface area contributed by atoms with Gasteiger partial charge in [-0.05, 0) is 12.1 Å².